The lowest BCUT2D eigenvalue weighted by Crippen LogP contribution is -2.60. The number of aromatic nitrogens is 4. The number of piperidine rings is 1. The molecule has 35 heavy (non-hydrogen) atoms. The summed E-state index contributed by atoms with van der Waals surface area (Å²) in [5, 5.41) is 28.2. The Morgan fingerprint density at radius 3 is 2.57 bits per heavy atom. The lowest BCUT2D eigenvalue weighted by atomic mass is 9.99. The van der Waals surface area contributed by atoms with Gasteiger partial charge in [0.05, 0.1) is 31.4 Å². The number of hydrogen-bond donors (Lipinski definition) is 3. The molecule has 3 aliphatic heterocycles. The lowest BCUT2D eigenvalue weighted by molar-refractivity contribution is 0.177. The highest BCUT2D eigenvalue weighted by atomic mass is 32.2. The molecule has 14 heteroatoms. The highest BCUT2D eigenvalue weighted by molar-refractivity contribution is 7.86. The van der Waals surface area contributed by atoms with Crippen molar-refractivity contribution < 1.29 is 18.3 Å². The van der Waals surface area contributed by atoms with Crippen LogP contribution in [0.3, 0.4) is 0 Å². The van der Waals surface area contributed by atoms with Gasteiger partial charge >= 0.3 is 0 Å². The van der Waals surface area contributed by atoms with Crippen molar-refractivity contribution >= 4 is 27.8 Å². The SMILES string of the molecule is COc1cc(Nc2cc(CO)[nH]n2)nc(N(C)[C@H]2C[C@H]3CC[C@@H](C2)N3S(=O)(=O)N2CC(C#N)C2)n1. The van der Waals surface area contributed by atoms with E-state index in [4.69, 9.17) is 10.00 Å². The molecule has 2 aromatic rings. The first-order chi connectivity index (χ1) is 16.8. The van der Waals surface area contributed by atoms with Crippen LogP contribution < -0.4 is 15.0 Å². The van der Waals surface area contributed by atoms with Crippen LogP contribution >= 0.6 is 0 Å². The second-order valence-corrected chi connectivity index (χ2v) is 11.1. The number of aliphatic hydroxyl groups excluding tert-OH is 1. The predicted octanol–water partition coefficient (Wildman–Crippen LogP) is 0.576. The molecule has 13 nitrogen and oxygen atoms in total. The van der Waals surface area contributed by atoms with Crippen molar-refractivity contribution in [3.8, 4) is 11.9 Å². The van der Waals surface area contributed by atoms with Crippen LogP contribution in [0.4, 0.5) is 17.6 Å². The smallest absolute Gasteiger partial charge is 0.282 e. The number of nitriles is 1. The Morgan fingerprint density at radius 1 is 1.26 bits per heavy atom. The summed E-state index contributed by atoms with van der Waals surface area (Å²) < 4.78 is 34.9. The molecule has 0 radical (unpaired) electrons. The topological polar surface area (TPSA) is 164 Å². The Morgan fingerprint density at radius 2 is 1.97 bits per heavy atom. The second-order valence-electron chi connectivity index (χ2n) is 9.26. The Hall–Kier alpha value is -2.99. The van der Waals surface area contributed by atoms with Crippen LogP contribution in [0, 0.1) is 17.2 Å². The molecule has 2 bridgehead atoms. The Kier molecular flexibility index (Phi) is 6.26. The third-order valence-corrected chi connectivity index (χ3v) is 9.16. The molecular weight excluding hydrogens is 474 g/mol. The second kappa shape index (κ2) is 9.23. The first-order valence-corrected chi connectivity index (χ1v) is 13.0. The minimum absolute atomic E-state index is 0.0635. The van der Waals surface area contributed by atoms with Gasteiger partial charge in [0.2, 0.25) is 11.8 Å². The number of anilines is 3. The van der Waals surface area contributed by atoms with Crippen molar-refractivity contribution in [2.75, 3.05) is 37.5 Å². The average molecular weight is 504 g/mol. The summed E-state index contributed by atoms with van der Waals surface area (Å²) in [6.07, 6.45) is 2.98. The van der Waals surface area contributed by atoms with Crippen LogP contribution in [0.15, 0.2) is 12.1 Å². The van der Waals surface area contributed by atoms with Crippen molar-refractivity contribution in [3.63, 3.8) is 0 Å². The van der Waals surface area contributed by atoms with Gasteiger partial charge in [-0.15, -0.1) is 0 Å². The number of ether oxygens (including phenoxy) is 1. The maximum Gasteiger partial charge on any atom is 0.282 e. The molecule has 0 aliphatic carbocycles. The summed E-state index contributed by atoms with van der Waals surface area (Å²) in [6, 6.07) is 5.37. The molecular formula is C21H29N9O4S. The highest BCUT2D eigenvalue weighted by Crippen LogP contribution is 2.41. The molecule has 0 spiro atoms. The Balaban J connectivity index is 1.31. The Labute approximate surface area is 203 Å². The van der Waals surface area contributed by atoms with Crippen LogP contribution in [0.5, 0.6) is 5.88 Å². The van der Waals surface area contributed by atoms with Gasteiger partial charge in [0.25, 0.3) is 10.2 Å². The molecule has 0 amide bonds. The molecule has 188 valence electrons. The van der Waals surface area contributed by atoms with Gasteiger partial charge in [0, 0.05) is 50.4 Å². The van der Waals surface area contributed by atoms with Crippen molar-refractivity contribution in [2.45, 2.75) is 50.4 Å². The quantitative estimate of drug-likeness (QED) is 0.464. The maximum absolute atomic E-state index is 13.2. The number of methoxy groups -OCH3 is 1. The van der Waals surface area contributed by atoms with Gasteiger partial charge in [-0.3, -0.25) is 5.10 Å². The number of rotatable bonds is 8. The minimum atomic E-state index is -3.56. The van der Waals surface area contributed by atoms with Gasteiger partial charge in [-0.05, 0) is 25.7 Å². The van der Waals surface area contributed by atoms with Crippen LogP contribution in [-0.4, -0.2) is 87.7 Å². The van der Waals surface area contributed by atoms with Crippen LogP contribution in [-0.2, 0) is 16.8 Å². The van der Waals surface area contributed by atoms with E-state index in [-0.39, 0.29) is 43.7 Å². The van der Waals surface area contributed by atoms with Crippen LogP contribution in [0.2, 0.25) is 0 Å². The van der Waals surface area contributed by atoms with Gasteiger partial charge in [-0.25, -0.2) is 0 Å². The molecule has 3 fully saturated rings. The average Bonchev–Trinajstić information content (AvgIpc) is 3.39. The van der Waals surface area contributed by atoms with E-state index >= 15 is 0 Å². The summed E-state index contributed by atoms with van der Waals surface area (Å²) in [7, 11) is -0.115. The number of fused-ring (bicyclic) bond motifs is 2. The normalized spacial score (nSPS) is 25.1. The van der Waals surface area contributed by atoms with E-state index in [1.807, 2.05) is 11.9 Å². The van der Waals surface area contributed by atoms with Gasteiger partial charge in [-0.1, -0.05) is 0 Å². The summed E-state index contributed by atoms with van der Waals surface area (Å²) in [4.78, 5) is 11.1. The van der Waals surface area contributed by atoms with Crippen molar-refractivity contribution in [2.24, 2.45) is 5.92 Å². The third kappa shape index (κ3) is 4.40. The van der Waals surface area contributed by atoms with E-state index in [9.17, 15) is 13.5 Å². The summed E-state index contributed by atoms with van der Waals surface area (Å²) >= 11 is 0. The van der Waals surface area contributed by atoms with Crippen molar-refractivity contribution in [3.05, 3.63) is 17.8 Å². The zero-order valence-electron chi connectivity index (χ0n) is 19.6. The molecule has 2 aromatic heterocycles. The number of aromatic amines is 1. The van der Waals surface area contributed by atoms with Crippen molar-refractivity contribution in [1.29, 1.82) is 5.26 Å². The van der Waals surface area contributed by atoms with Crippen LogP contribution in [0.1, 0.15) is 31.4 Å². The zero-order valence-corrected chi connectivity index (χ0v) is 20.4. The van der Waals surface area contributed by atoms with E-state index in [0.717, 1.165) is 12.8 Å². The molecule has 0 unspecified atom stereocenters. The fourth-order valence-electron chi connectivity index (χ4n) is 5.18. The molecule has 3 N–H and O–H groups in total. The van der Waals surface area contributed by atoms with E-state index < -0.39 is 10.2 Å². The van der Waals surface area contributed by atoms with Crippen molar-refractivity contribution in [1.82, 2.24) is 28.8 Å². The molecule has 3 aliphatic rings. The van der Waals surface area contributed by atoms with Gasteiger partial charge in [0.15, 0.2) is 5.82 Å². The summed E-state index contributed by atoms with van der Waals surface area (Å²) in [5.41, 5.74) is 0.574. The van der Waals surface area contributed by atoms with Crippen LogP contribution in [0.25, 0.3) is 0 Å². The predicted molar refractivity (Wildman–Crippen MR) is 126 cm³/mol. The molecule has 5 heterocycles. The minimum Gasteiger partial charge on any atom is -0.481 e. The standard InChI is InChI=1S/C21H29N9O4S/c1-28(21-24-18(8-20(25-21)34-2)23-19-5-14(12-31)26-27-19)17-6-15-3-4-16(7-17)30(15)35(32,33)29-10-13(9-22)11-29/h5,8,13,15-17,31H,3-4,6-7,10-12H2,1-2H3,(H2,23,24,25,26,27)/t15-,16+,17+. The molecule has 0 saturated carbocycles. The fourth-order valence-corrected chi connectivity index (χ4v) is 7.32. The number of H-pyrrole nitrogens is 1. The number of nitrogens with one attached hydrogen (secondary N) is 2. The van der Waals surface area contributed by atoms with Gasteiger partial charge in [-0.2, -0.15) is 37.4 Å². The Bertz CT molecular complexity index is 1210. The van der Waals surface area contributed by atoms with E-state index in [1.54, 1.807) is 16.4 Å². The van der Waals surface area contributed by atoms with Gasteiger partial charge < -0.3 is 20.1 Å². The largest absolute Gasteiger partial charge is 0.481 e. The van der Waals surface area contributed by atoms with E-state index in [2.05, 4.69) is 31.6 Å². The summed E-state index contributed by atoms with van der Waals surface area (Å²) in [6.45, 7) is 0.409. The maximum atomic E-state index is 13.2. The summed E-state index contributed by atoms with van der Waals surface area (Å²) in [5.74, 6) is 1.63. The number of nitrogens with zero attached hydrogens (tertiary/aromatic N) is 7. The zero-order chi connectivity index (χ0) is 24.7. The highest BCUT2D eigenvalue weighted by Gasteiger charge is 2.51. The molecule has 3 saturated heterocycles. The first kappa shape index (κ1) is 23.7. The van der Waals surface area contributed by atoms with E-state index in [1.165, 1.54) is 11.4 Å². The molecule has 0 aromatic carbocycles. The fraction of sp³-hybridized carbons (Fsp3) is 0.619. The number of hydrogen-bond acceptors (Lipinski definition) is 10. The van der Waals surface area contributed by atoms with E-state index in [0.29, 0.717) is 42.0 Å². The monoisotopic (exact) mass is 503 g/mol. The number of aliphatic hydroxyl groups is 1. The third-order valence-electron chi connectivity index (χ3n) is 7.09. The molecule has 5 rings (SSSR count). The first-order valence-electron chi connectivity index (χ1n) is 11.6. The lowest BCUT2D eigenvalue weighted by Gasteiger charge is -2.45. The van der Waals surface area contributed by atoms with Gasteiger partial charge in [0.1, 0.15) is 5.82 Å². The molecule has 3 atom stereocenters.